The summed E-state index contributed by atoms with van der Waals surface area (Å²) in [5, 5.41) is 0. The van der Waals surface area contributed by atoms with E-state index in [1.807, 2.05) is 0 Å². The topological polar surface area (TPSA) is 59.6 Å². The van der Waals surface area contributed by atoms with E-state index in [0.717, 1.165) is 25.7 Å². The summed E-state index contributed by atoms with van der Waals surface area (Å²) in [6, 6.07) is 0. The summed E-state index contributed by atoms with van der Waals surface area (Å²) >= 11 is 0. The Morgan fingerprint density at radius 3 is 1.79 bits per heavy atom. The highest BCUT2D eigenvalue weighted by atomic mass is 16.9. The van der Waals surface area contributed by atoms with Gasteiger partial charge < -0.3 is 9.68 Å². The maximum Gasteiger partial charge on any atom is 0.547 e. The zero-order valence-electron chi connectivity index (χ0n) is 8.97. The highest BCUT2D eigenvalue weighted by Gasteiger charge is 2.02. The van der Waals surface area contributed by atoms with Crippen molar-refractivity contribution in [3.8, 4) is 0 Å². The van der Waals surface area contributed by atoms with Gasteiger partial charge in [-0.15, -0.1) is 11.0 Å². The average Bonchev–Trinajstić information content (AvgIpc) is 2.19. The first kappa shape index (κ1) is 13.2. The Kier molecular flexibility index (Phi) is 9.68. The lowest BCUT2D eigenvalue weighted by Gasteiger charge is -2.05. The molecular formula is C9H20N2O3. The Hall–Kier alpha value is -0.810. The molecule has 0 amide bonds. The summed E-state index contributed by atoms with van der Waals surface area (Å²) in [7, 11) is 0. The predicted octanol–water partition coefficient (Wildman–Crippen LogP) is 1.75. The van der Waals surface area contributed by atoms with Crippen molar-refractivity contribution in [1.29, 1.82) is 0 Å². The van der Waals surface area contributed by atoms with E-state index in [-0.39, 0.29) is 0 Å². The molecule has 0 unspecified atom stereocenters. The minimum atomic E-state index is -0.739. The molecule has 0 aliphatic rings. The maximum atomic E-state index is 10.8. The molecule has 0 bridgehead atoms. The van der Waals surface area contributed by atoms with Gasteiger partial charge in [-0.2, -0.15) is 4.79 Å². The van der Waals surface area contributed by atoms with Gasteiger partial charge >= 0.3 is 6.16 Å². The Labute approximate surface area is 85.1 Å². The molecule has 0 aromatic carbocycles. The van der Waals surface area contributed by atoms with E-state index in [4.69, 9.17) is 0 Å². The molecule has 2 N–H and O–H groups in total. The van der Waals surface area contributed by atoms with Crippen LogP contribution in [-0.2, 0) is 9.68 Å². The van der Waals surface area contributed by atoms with Gasteiger partial charge in [-0.05, 0) is 12.8 Å². The molecular weight excluding hydrogens is 184 g/mol. The van der Waals surface area contributed by atoms with E-state index in [9.17, 15) is 4.79 Å². The molecule has 0 aromatic heterocycles. The van der Waals surface area contributed by atoms with Crippen molar-refractivity contribution in [2.75, 3.05) is 13.1 Å². The monoisotopic (exact) mass is 204 g/mol. The van der Waals surface area contributed by atoms with Crippen molar-refractivity contribution in [2.24, 2.45) is 0 Å². The normalized spacial score (nSPS) is 9.86. The number of hydroxylamine groups is 2. The molecule has 0 heterocycles. The summed E-state index contributed by atoms with van der Waals surface area (Å²) in [4.78, 5) is 19.9. The van der Waals surface area contributed by atoms with Crippen molar-refractivity contribution >= 4 is 6.16 Å². The standard InChI is InChI=1S/C9H20N2O3/c1-3-5-7-10-13-9(12)14-11-8-6-4-2/h10-11H,3-8H2,1-2H3. The molecule has 5 nitrogen and oxygen atoms in total. The number of carbonyl (C=O) groups excluding carboxylic acids is 1. The van der Waals surface area contributed by atoms with Gasteiger partial charge in [0.05, 0.1) is 0 Å². The second-order valence-corrected chi connectivity index (χ2v) is 2.95. The van der Waals surface area contributed by atoms with E-state index in [2.05, 4.69) is 34.5 Å². The van der Waals surface area contributed by atoms with Crippen LogP contribution in [0.5, 0.6) is 0 Å². The van der Waals surface area contributed by atoms with E-state index >= 15 is 0 Å². The SMILES string of the molecule is CCCCNOC(=O)ONCCCC. The summed E-state index contributed by atoms with van der Waals surface area (Å²) in [5.74, 6) is 0. The van der Waals surface area contributed by atoms with Crippen LogP contribution in [0.3, 0.4) is 0 Å². The Balaban J connectivity index is 3.11. The number of hydrogen-bond donors (Lipinski definition) is 2. The zero-order valence-corrected chi connectivity index (χ0v) is 8.97. The number of hydrogen-bond acceptors (Lipinski definition) is 5. The number of unbranched alkanes of at least 4 members (excludes halogenated alkanes) is 2. The number of rotatable bonds is 8. The Morgan fingerprint density at radius 2 is 1.43 bits per heavy atom. The van der Waals surface area contributed by atoms with Crippen LogP contribution in [0.4, 0.5) is 4.79 Å². The van der Waals surface area contributed by atoms with Gasteiger partial charge in [0.1, 0.15) is 0 Å². The van der Waals surface area contributed by atoms with Crippen LogP contribution in [0, 0.1) is 0 Å². The quantitative estimate of drug-likeness (QED) is 0.466. The second-order valence-electron chi connectivity index (χ2n) is 2.95. The average molecular weight is 204 g/mol. The fraction of sp³-hybridized carbons (Fsp3) is 0.889. The summed E-state index contributed by atoms with van der Waals surface area (Å²) in [6.07, 6.45) is 3.31. The first-order valence-electron chi connectivity index (χ1n) is 5.14. The Bertz CT molecular complexity index is 128. The molecule has 0 aliphatic carbocycles. The molecule has 0 fully saturated rings. The maximum absolute atomic E-state index is 10.8. The molecule has 5 heteroatoms. The van der Waals surface area contributed by atoms with Gasteiger partial charge in [-0.1, -0.05) is 26.7 Å². The minimum Gasteiger partial charge on any atom is -0.337 e. The van der Waals surface area contributed by atoms with Gasteiger partial charge in [0.15, 0.2) is 0 Å². The van der Waals surface area contributed by atoms with Gasteiger partial charge in [-0.25, -0.2) is 0 Å². The first-order valence-corrected chi connectivity index (χ1v) is 5.14. The molecule has 0 aromatic rings. The van der Waals surface area contributed by atoms with Gasteiger partial charge in [0.2, 0.25) is 0 Å². The third-order valence-electron chi connectivity index (χ3n) is 1.58. The third kappa shape index (κ3) is 9.28. The molecule has 0 spiro atoms. The third-order valence-corrected chi connectivity index (χ3v) is 1.58. The number of carbonyl (C=O) groups is 1. The van der Waals surface area contributed by atoms with Crippen molar-refractivity contribution in [1.82, 2.24) is 11.0 Å². The van der Waals surface area contributed by atoms with Gasteiger partial charge in [0, 0.05) is 13.1 Å². The molecule has 14 heavy (non-hydrogen) atoms. The summed E-state index contributed by atoms with van der Waals surface area (Å²) < 4.78 is 0. The van der Waals surface area contributed by atoms with E-state index in [1.54, 1.807) is 0 Å². The largest absolute Gasteiger partial charge is 0.547 e. The van der Waals surface area contributed by atoms with Gasteiger partial charge in [0.25, 0.3) is 0 Å². The van der Waals surface area contributed by atoms with Gasteiger partial charge in [-0.3, -0.25) is 0 Å². The van der Waals surface area contributed by atoms with Crippen LogP contribution in [-0.4, -0.2) is 19.2 Å². The zero-order chi connectivity index (χ0) is 10.6. The lowest BCUT2D eigenvalue weighted by Crippen LogP contribution is -2.27. The van der Waals surface area contributed by atoms with Crippen molar-refractivity contribution in [3.63, 3.8) is 0 Å². The van der Waals surface area contributed by atoms with E-state index in [0.29, 0.717) is 13.1 Å². The molecule has 0 aliphatic heterocycles. The second kappa shape index (κ2) is 10.3. The Morgan fingerprint density at radius 1 is 1.00 bits per heavy atom. The summed E-state index contributed by atoms with van der Waals surface area (Å²) in [5.41, 5.74) is 5.02. The fourth-order valence-electron chi connectivity index (χ4n) is 0.739. The molecule has 0 radical (unpaired) electrons. The van der Waals surface area contributed by atoms with Crippen LogP contribution in [0.2, 0.25) is 0 Å². The van der Waals surface area contributed by atoms with Crippen LogP contribution < -0.4 is 11.0 Å². The number of nitrogens with one attached hydrogen (secondary N) is 2. The lowest BCUT2D eigenvalue weighted by atomic mass is 10.3. The predicted molar refractivity (Wildman–Crippen MR) is 53.4 cm³/mol. The van der Waals surface area contributed by atoms with Crippen molar-refractivity contribution in [2.45, 2.75) is 39.5 Å². The minimum absolute atomic E-state index is 0.653. The lowest BCUT2D eigenvalue weighted by molar-refractivity contribution is -0.0139. The van der Waals surface area contributed by atoms with Crippen molar-refractivity contribution in [3.05, 3.63) is 0 Å². The first-order chi connectivity index (χ1) is 6.81. The van der Waals surface area contributed by atoms with E-state index < -0.39 is 6.16 Å². The smallest absolute Gasteiger partial charge is 0.337 e. The molecule has 0 atom stereocenters. The van der Waals surface area contributed by atoms with Crippen molar-refractivity contribution < 1.29 is 14.5 Å². The van der Waals surface area contributed by atoms with Crippen LogP contribution >= 0.6 is 0 Å². The molecule has 0 rings (SSSR count). The van der Waals surface area contributed by atoms with Crippen LogP contribution in [0.15, 0.2) is 0 Å². The molecule has 84 valence electrons. The summed E-state index contributed by atoms with van der Waals surface area (Å²) in [6.45, 7) is 5.43. The fourth-order valence-corrected chi connectivity index (χ4v) is 0.739. The van der Waals surface area contributed by atoms with Crippen LogP contribution in [0.25, 0.3) is 0 Å². The highest BCUT2D eigenvalue weighted by molar-refractivity contribution is 5.58. The molecule has 0 saturated heterocycles. The highest BCUT2D eigenvalue weighted by Crippen LogP contribution is 1.85. The van der Waals surface area contributed by atoms with E-state index in [1.165, 1.54) is 0 Å². The molecule has 0 saturated carbocycles. The van der Waals surface area contributed by atoms with Crippen LogP contribution in [0.1, 0.15) is 39.5 Å².